The van der Waals surface area contributed by atoms with Crippen LogP contribution in [0.1, 0.15) is 35.8 Å². The molecule has 2 aliphatic rings. The van der Waals surface area contributed by atoms with E-state index in [2.05, 4.69) is 22.2 Å². The molecule has 2 N–H and O–H groups in total. The summed E-state index contributed by atoms with van der Waals surface area (Å²) in [4.78, 5) is 19.3. The van der Waals surface area contributed by atoms with Gasteiger partial charge < -0.3 is 10.6 Å². The zero-order valence-corrected chi connectivity index (χ0v) is 13.3. The van der Waals surface area contributed by atoms with Crippen LogP contribution in [0, 0.1) is 5.92 Å². The summed E-state index contributed by atoms with van der Waals surface area (Å²) < 4.78 is 1.57. The highest BCUT2D eigenvalue weighted by Gasteiger charge is 2.38. The standard InChI is InChI=1S/C17H21N5O/c1-21-17(18)19-15(20-21)14-7-4-8-22(14)16(23)13-9-11-5-2-3-6-12(11)10-13/h2-3,5-6,13-14H,4,7-10H2,1H3,(H2,18,19,20). The van der Waals surface area contributed by atoms with Crippen molar-refractivity contribution < 1.29 is 4.79 Å². The molecule has 1 aromatic carbocycles. The number of aryl methyl sites for hydroxylation is 1. The fourth-order valence-corrected chi connectivity index (χ4v) is 3.83. The third-order valence-electron chi connectivity index (χ3n) is 5.05. The average molecular weight is 311 g/mol. The SMILES string of the molecule is Cn1nc(C2CCCN2C(=O)C2Cc3ccccc3C2)nc1N. The molecule has 4 rings (SSSR count). The lowest BCUT2D eigenvalue weighted by atomic mass is 10.0. The number of carbonyl (C=O) groups is 1. The van der Waals surface area contributed by atoms with E-state index in [-0.39, 0.29) is 17.9 Å². The Morgan fingerprint density at radius 1 is 1.26 bits per heavy atom. The molecule has 1 atom stereocenters. The number of benzene rings is 1. The number of anilines is 1. The molecule has 1 aliphatic carbocycles. The normalized spacial score (nSPS) is 20.9. The Bertz CT molecular complexity index is 709. The Morgan fingerprint density at radius 3 is 2.57 bits per heavy atom. The second kappa shape index (κ2) is 5.37. The van der Waals surface area contributed by atoms with E-state index in [4.69, 9.17) is 5.73 Å². The molecule has 1 unspecified atom stereocenters. The lowest BCUT2D eigenvalue weighted by Crippen LogP contribution is -2.36. The number of likely N-dealkylation sites (tertiary alicyclic amines) is 1. The first kappa shape index (κ1) is 14.2. The smallest absolute Gasteiger partial charge is 0.226 e. The minimum atomic E-state index is -0.0327. The summed E-state index contributed by atoms with van der Waals surface area (Å²) in [5.74, 6) is 1.35. The van der Waals surface area contributed by atoms with Crippen molar-refractivity contribution in [2.24, 2.45) is 13.0 Å². The summed E-state index contributed by atoms with van der Waals surface area (Å²) in [6.45, 7) is 0.786. The van der Waals surface area contributed by atoms with Crippen molar-refractivity contribution in [3.63, 3.8) is 0 Å². The molecule has 2 heterocycles. The Hall–Kier alpha value is -2.37. The van der Waals surface area contributed by atoms with Crippen LogP contribution in [-0.2, 0) is 24.7 Å². The quantitative estimate of drug-likeness (QED) is 0.911. The van der Waals surface area contributed by atoms with Crippen LogP contribution in [0.4, 0.5) is 5.95 Å². The van der Waals surface area contributed by atoms with Crippen molar-refractivity contribution >= 4 is 11.9 Å². The first-order valence-electron chi connectivity index (χ1n) is 8.17. The van der Waals surface area contributed by atoms with Gasteiger partial charge in [0, 0.05) is 19.5 Å². The Kier molecular flexibility index (Phi) is 3.32. The molecule has 23 heavy (non-hydrogen) atoms. The molecule has 1 amide bonds. The summed E-state index contributed by atoms with van der Waals surface area (Å²) in [6.07, 6.45) is 3.59. The Morgan fingerprint density at radius 2 is 1.96 bits per heavy atom. The molecule has 120 valence electrons. The molecule has 6 heteroatoms. The number of amides is 1. The van der Waals surface area contributed by atoms with E-state index < -0.39 is 0 Å². The lowest BCUT2D eigenvalue weighted by molar-refractivity contribution is -0.136. The van der Waals surface area contributed by atoms with Crippen LogP contribution in [-0.4, -0.2) is 32.1 Å². The summed E-state index contributed by atoms with van der Waals surface area (Å²) in [7, 11) is 1.78. The molecule has 1 fully saturated rings. The number of rotatable bonds is 2. The van der Waals surface area contributed by atoms with Gasteiger partial charge >= 0.3 is 0 Å². The largest absolute Gasteiger partial charge is 0.368 e. The van der Waals surface area contributed by atoms with Crippen LogP contribution in [0.25, 0.3) is 0 Å². The van der Waals surface area contributed by atoms with E-state index >= 15 is 0 Å². The highest BCUT2D eigenvalue weighted by molar-refractivity contribution is 5.81. The first-order chi connectivity index (χ1) is 11.1. The molecule has 1 aromatic heterocycles. The number of fused-ring (bicyclic) bond motifs is 1. The minimum Gasteiger partial charge on any atom is -0.368 e. The number of nitrogen functional groups attached to an aromatic ring is 1. The van der Waals surface area contributed by atoms with Crippen molar-refractivity contribution in [1.82, 2.24) is 19.7 Å². The van der Waals surface area contributed by atoms with Crippen LogP contribution in [0.15, 0.2) is 24.3 Å². The molecule has 6 nitrogen and oxygen atoms in total. The number of nitrogens with zero attached hydrogens (tertiary/aromatic N) is 4. The molecule has 0 radical (unpaired) electrons. The van der Waals surface area contributed by atoms with Gasteiger partial charge in [0.2, 0.25) is 11.9 Å². The van der Waals surface area contributed by atoms with E-state index in [9.17, 15) is 4.79 Å². The van der Waals surface area contributed by atoms with E-state index in [0.717, 1.165) is 32.2 Å². The van der Waals surface area contributed by atoms with Gasteiger partial charge in [-0.05, 0) is 36.8 Å². The average Bonchev–Trinajstić information content (AvgIpc) is 3.25. The third kappa shape index (κ3) is 2.38. The number of aromatic nitrogens is 3. The van der Waals surface area contributed by atoms with Crippen molar-refractivity contribution in [1.29, 1.82) is 0 Å². The molecule has 1 saturated heterocycles. The minimum absolute atomic E-state index is 0.0327. The fourth-order valence-electron chi connectivity index (χ4n) is 3.83. The van der Waals surface area contributed by atoms with Gasteiger partial charge in [0.05, 0.1) is 6.04 Å². The van der Waals surface area contributed by atoms with Crippen LogP contribution in [0.5, 0.6) is 0 Å². The fraction of sp³-hybridized carbons (Fsp3) is 0.471. The summed E-state index contributed by atoms with van der Waals surface area (Å²) >= 11 is 0. The van der Waals surface area contributed by atoms with Gasteiger partial charge in [-0.15, -0.1) is 0 Å². The van der Waals surface area contributed by atoms with Crippen molar-refractivity contribution in [2.75, 3.05) is 12.3 Å². The van der Waals surface area contributed by atoms with E-state index in [0.29, 0.717) is 11.8 Å². The van der Waals surface area contributed by atoms with Crippen LogP contribution < -0.4 is 5.73 Å². The van der Waals surface area contributed by atoms with E-state index in [1.54, 1.807) is 11.7 Å². The predicted octanol–water partition coefficient (Wildman–Crippen LogP) is 1.48. The molecule has 0 bridgehead atoms. The van der Waals surface area contributed by atoms with E-state index in [1.165, 1.54) is 11.1 Å². The molecule has 1 aliphatic heterocycles. The zero-order chi connectivity index (χ0) is 16.0. The number of hydrogen-bond acceptors (Lipinski definition) is 4. The second-order valence-electron chi connectivity index (χ2n) is 6.52. The third-order valence-corrected chi connectivity index (χ3v) is 5.05. The van der Waals surface area contributed by atoms with Crippen LogP contribution >= 0.6 is 0 Å². The van der Waals surface area contributed by atoms with Gasteiger partial charge in [-0.3, -0.25) is 4.79 Å². The van der Waals surface area contributed by atoms with Crippen LogP contribution in [0.2, 0.25) is 0 Å². The molecule has 0 saturated carbocycles. The highest BCUT2D eigenvalue weighted by atomic mass is 16.2. The second-order valence-corrected chi connectivity index (χ2v) is 6.52. The number of carbonyl (C=O) groups excluding carboxylic acids is 1. The van der Waals surface area contributed by atoms with Crippen molar-refractivity contribution in [2.45, 2.75) is 31.7 Å². The maximum absolute atomic E-state index is 13.0. The van der Waals surface area contributed by atoms with Gasteiger partial charge in [0.25, 0.3) is 0 Å². The highest BCUT2D eigenvalue weighted by Crippen LogP contribution is 2.35. The maximum Gasteiger partial charge on any atom is 0.226 e. The topological polar surface area (TPSA) is 77.0 Å². The van der Waals surface area contributed by atoms with Crippen LogP contribution in [0.3, 0.4) is 0 Å². The zero-order valence-electron chi connectivity index (χ0n) is 13.3. The van der Waals surface area contributed by atoms with Crippen molar-refractivity contribution in [3.8, 4) is 0 Å². The van der Waals surface area contributed by atoms with Gasteiger partial charge in [0.15, 0.2) is 5.82 Å². The summed E-state index contributed by atoms with van der Waals surface area (Å²) in [5.41, 5.74) is 8.41. The molecular formula is C17H21N5O. The molecule has 0 spiro atoms. The predicted molar refractivity (Wildman–Crippen MR) is 86.4 cm³/mol. The first-order valence-corrected chi connectivity index (χ1v) is 8.17. The molecular weight excluding hydrogens is 290 g/mol. The number of nitrogens with two attached hydrogens (primary N) is 1. The van der Waals surface area contributed by atoms with Gasteiger partial charge in [-0.25, -0.2) is 4.68 Å². The monoisotopic (exact) mass is 311 g/mol. The Labute approximate surface area is 135 Å². The molecule has 2 aromatic rings. The van der Waals surface area contributed by atoms with Gasteiger partial charge in [-0.1, -0.05) is 24.3 Å². The van der Waals surface area contributed by atoms with E-state index in [1.807, 2.05) is 17.0 Å². The lowest BCUT2D eigenvalue weighted by Gasteiger charge is -2.25. The maximum atomic E-state index is 13.0. The van der Waals surface area contributed by atoms with Gasteiger partial charge in [0.1, 0.15) is 0 Å². The summed E-state index contributed by atoms with van der Waals surface area (Å²) in [6, 6.07) is 8.32. The summed E-state index contributed by atoms with van der Waals surface area (Å²) in [5, 5.41) is 4.38. The van der Waals surface area contributed by atoms with Crippen molar-refractivity contribution in [3.05, 3.63) is 41.2 Å². The van der Waals surface area contributed by atoms with Gasteiger partial charge in [-0.2, -0.15) is 10.1 Å². The number of hydrogen-bond donors (Lipinski definition) is 1. The Balaban J connectivity index is 1.54.